The molecule has 1 aromatic carbocycles. The smallest absolute Gasteiger partial charge is 0.293 e. The average Bonchev–Trinajstić information content (AvgIpc) is 2.67. The Hall–Kier alpha value is -3.10. The van der Waals surface area contributed by atoms with E-state index >= 15 is 0 Å². The molecule has 0 spiro atoms. The number of nitrogens with one attached hydrogen (secondary N) is 1. The molecule has 0 aliphatic carbocycles. The average molecular weight is 391 g/mol. The summed E-state index contributed by atoms with van der Waals surface area (Å²) < 4.78 is 19.7. The quantitative estimate of drug-likeness (QED) is 0.477. The molecule has 0 aromatic heterocycles. The molecule has 28 heavy (non-hydrogen) atoms. The monoisotopic (exact) mass is 391 g/mol. The van der Waals surface area contributed by atoms with Gasteiger partial charge in [0.2, 0.25) is 5.91 Å². The molecule has 0 radical (unpaired) electrons. The van der Waals surface area contributed by atoms with Crippen LogP contribution in [0.2, 0.25) is 0 Å². The van der Waals surface area contributed by atoms with Gasteiger partial charge in [-0.2, -0.15) is 5.10 Å². The van der Waals surface area contributed by atoms with Gasteiger partial charge in [0, 0.05) is 26.2 Å². The SMILES string of the molecule is C=CCN1CCN(c2ccc(N(C)CC(CNC(C)=O)OC=O)cc2F)C=N1. The summed E-state index contributed by atoms with van der Waals surface area (Å²) >= 11 is 0. The van der Waals surface area contributed by atoms with Gasteiger partial charge in [-0.15, -0.1) is 6.58 Å². The number of likely N-dealkylation sites (N-methyl/N-ethyl adjacent to an activating group) is 1. The van der Waals surface area contributed by atoms with Gasteiger partial charge in [0.05, 0.1) is 31.9 Å². The summed E-state index contributed by atoms with van der Waals surface area (Å²) in [6.07, 6.45) is 2.83. The van der Waals surface area contributed by atoms with Crippen LogP contribution < -0.4 is 15.1 Å². The Morgan fingerprint density at radius 2 is 2.29 bits per heavy atom. The van der Waals surface area contributed by atoms with Crippen LogP contribution in [0.4, 0.5) is 15.8 Å². The van der Waals surface area contributed by atoms with Gasteiger partial charge >= 0.3 is 0 Å². The molecule has 2 rings (SSSR count). The van der Waals surface area contributed by atoms with Crippen LogP contribution in [-0.2, 0) is 14.3 Å². The number of benzene rings is 1. The summed E-state index contributed by atoms with van der Waals surface area (Å²) in [5.74, 6) is -0.588. The topological polar surface area (TPSA) is 77.5 Å². The Balaban J connectivity index is 2.04. The summed E-state index contributed by atoms with van der Waals surface area (Å²) in [4.78, 5) is 25.3. The summed E-state index contributed by atoms with van der Waals surface area (Å²) in [6, 6.07) is 4.91. The second kappa shape index (κ2) is 10.3. The zero-order valence-electron chi connectivity index (χ0n) is 16.2. The van der Waals surface area contributed by atoms with Crippen molar-refractivity contribution in [2.45, 2.75) is 13.0 Å². The van der Waals surface area contributed by atoms with E-state index in [1.54, 1.807) is 41.4 Å². The predicted octanol–water partition coefficient (Wildman–Crippen LogP) is 1.19. The number of hydrazone groups is 1. The molecule has 9 heteroatoms. The molecule has 1 unspecified atom stereocenters. The van der Waals surface area contributed by atoms with E-state index in [1.807, 2.05) is 5.01 Å². The Labute approximate surface area is 164 Å². The number of hydrogen-bond donors (Lipinski definition) is 1. The highest BCUT2D eigenvalue weighted by Gasteiger charge is 2.18. The lowest BCUT2D eigenvalue weighted by atomic mass is 10.2. The highest BCUT2D eigenvalue weighted by atomic mass is 19.1. The normalized spacial score (nSPS) is 14.4. The molecule has 1 N–H and O–H groups in total. The Bertz CT molecular complexity index is 728. The van der Waals surface area contributed by atoms with Crippen molar-refractivity contribution in [1.82, 2.24) is 10.3 Å². The third-order valence-corrected chi connectivity index (χ3v) is 4.28. The minimum absolute atomic E-state index is 0.185. The fraction of sp³-hybridized carbons (Fsp3) is 0.421. The van der Waals surface area contributed by atoms with Gasteiger partial charge in [0.1, 0.15) is 18.3 Å². The minimum atomic E-state index is -0.542. The fourth-order valence-electron chi connectivity index (χ4n) is 2.81. The maximum absolute atomic E-state index is 14.7. The van der Waals surface area contributed by atoms with Crippen molar-refractivity contribution in [3.8, 4) is 0 Å². The van der Waals surface area contributed by atoms with E-state index in [0.29, 0.717) is 44.0 Å². The van der Waals surface area contributed by atoms with Crippen LogP contribution >= 0.6 is 0 Å². The highest BCUT2D eigenvalue weighted by molar-refractivity contribution is 5.80. The first-order valence-corrected chi connectivity index (χ1v) is 8.95. The van der Waals surface area contributed by atoms with Gasteiger partial charge in [0.15, 0.2) is 0 Å². The van der Waals surface area contributed by atoms with E-state index in [9.17, 15) is 14.0 Å². The maximum atomic E-state index is 14.7. The lowest BCUT2D eigenvalue weighted by molar-refractivity contribution is -0.134. The van der Waals surface area contributed by atoms with Crippen molar-refractivity contribution in [2.75, 3.05) is 49.6 Å². The van der Waals surface area contributed by atoms with Crippen LogP contribution in [0.5, 0.6) is 0 Å². The van der Waals surface area contributed by atoms with Crippen molar-refractivity contribution < 1.29 is 18.7 Å². The zero-order valence-corrected chi connectivity index (χ0v) is 16.2. The Morgan fingerprint density at radius 3 is 2.86 bits per heavy atom. The van der Waals surface area contributed by atoms with Crippen LogP contribution in [0.3, 0.4) is 0 Å². The molecule has 152 valence electrons. The molecule has 1 amide bonds. The first-order valence-electron chi connectivity index (χ1n) is 8.95. The van der Waals surface area contributed by atoms with Crippen molar-refractivity contribution >= 4 is 30.1 Å². The van der Waals surface area contributed by atoms with Crippen molar-refractivity contribution in [1.29, 1.82) is 0 Å². The van der Waals surface area contributed by atoms with Crippen LogP contribution in [0.15, 0.2) is 36.0 Å². The third-order valence-electron chi connectivity index (χ3n) is 4.28. The van der Waals surface area contributed by atoms with Crippen molar-refractivity contribution in [2.24, 2.45) is 5.10 Å². The Kier molecular flexibility index (Phi) is 7.79. The standard InChI is InChI=1S/C19H26FN5O3/c1-4-7-25-9-8-24(13-22-25)19-6-5-16(10-18(19)20)23(3)12-17(28-14-26)11-21-15(2)27/h4-6,10,13-14,17H,1,7-9,11-12H2,2-3H3,(H,21,27). The molecule has 1 heterocycles. The van der Waals surface area contributed by atoms with Crippen LogP contribution in [0, 0.1) is 5.82 Å². The van der Waals surface area contributed by atoms with Gasteiger partial charge in [-0.05, 0) is 18.2 Å². The van der Waals surface area contributed by atoms with Gasteiger partial charge in [0.25, 0.3) is 6.47 Å². The number of halogens is 1. The fourth-order valence-corrected chi connectivity index (χ4v) is 2.81. The van der Waals surface area contributed by atoms with E-state index in [2.05, 4.69) is 17.0 Å². The summed E-state index contributed by atoms with van der Waals surface area (Å²) in [5.41, 5.74) is 1.07. The summed E-state index contributed by atoms with van der Waals surface area (Å²) in [5, 5.41) is 8.73. The van der Waals surface area contributed by atoms with E-state index < -0.39 is 6.10 Å². The summed E-state index contributed by atoms with van der Waals surface area (Å²) in [7, 11) is 1.76. The molecule has 0 saturated heterocycles. The Morgan fingerprint density at radius 1 is 1.50 bits per heavy atom. The number of carbonyl (C=O) groups is 2. The number of rotatable bonds is 10. The third kappa shape index (κ3) is 5.97. The predicted molar refractivity (Wildman–Crippen MR) is 107 cm³/mol. The van der Waals surface area contributed by atoms with Crippen LogP contribution in [0.25, 0.3) is 0 Å². The van der Waals surface area contributed by atoms with Gasteiger partial charge < -0.3 is 19.9 Å². The molecule has 1 aliphatic heterocycles. The second-order valence-corrected chi connectivity index (χ2v) is 6.43. The van der Waals surface area contributed by atoms with E-state index in [0.717, 1.165) is 0 Å². The van der Waals surface area contributed by atoms with Gasteiger partial charge in [-0.1, -0.05) is 6.08 Å². The molecular weight excluding hydrogens is 365 g/mol. The van der Waals surface area contributed by atoms with Crippen molar-refractivity contribution in [3.63, 3.8) is 0 Å². The van der Waals surface area contributed by atoms with E-state index in [-0.39, 0.29) is 18.3 Å². The number of amides is 1. The van der Waals surface area contributed by atoms with Crippen LogP contribution in [-0.4, -0.2) is 69.6 Å². The highest BCUT2D eigenvalue weighted by Crippen LogP contribution is 2.25. The zero-order chi connectivity index (χ0) is 20.5. The lowest BCUT2D eigenvalue weighted by Gasteiger charge is -2.30. The molecule has 0 fully saturated rings. The molecular formula is C19H26FN5O3. The van der Waals surface area contributed by atoms with Gasteiger partial charge in [-0.3, -0.25) is 14.6 Å². The molecule has 1 aliphatic rings. The van der Waals surface area contributed by atoms with E-state index in [1.165, 1.54) is 13.0 Å². The van der Waals surface area contributed by atoms with E-state index in [4.69, 9.17) is 4.74 Å². The number of hydrogen-bond acceptors (Lipinski definition) is 7. The number of carbonyl (C=O) groups excluding carboxylic acids is 2. The lowest BCUT2D eigenvalue weighted by Crippen LogP contribution is -2.40. The minimum Gasteiger partial charge on any atom is -0.461 e. The molecule has 0 saturated carbocycles. The maximum Gasteiger partial charge on any atom is 0.293 e. The largest absolute Gasteiger partial charge is 0.461 e. The van der Waals surface area contributed by atoms with Crippen molar-refractivity contribution in [3.05, 3.63) is 36.7 Å². The number of nitrogens with zero attached hydrogens (tertiary/aromatic N) is 4. The second-order valence-electron chi connectivity index (χ2n) is 6.43. The number of ether oxygens (including phenoxy) is 1. The number of anilines is 2. The van der Waals surface area contributed by atoms with Gasteiger partial charge in [-0.25, -0.2) is 4.39 Å². The molecule has 8 nitrogen and oxygen atoms in total. The molecule has 0 bridgehead atoms. The van der Waals surface area contributed by atoms with Crippen LogP contribution in [0.1, 0.15) is 6.92 Å². The molecule has 1 atom stereocenters. The first-order chi connectivity index (χ1) is 13.4. The first kappa shape index (κ1) is 21.2. The summed E-state index contributed by atoms with van der Waals surface area (Å²) in [6.45, 7) is 7.85. The molecule has 1 aromatic rings.